The standard InChI is InChI=1S/C8H8N2O/c11-6-1-2-7-8(5-6)10-4-3-9-7/h2-5,9-10H,1H2. The van der Waals surface area contributed by atoms with Gasteiger partial charge in [-0.25, -0.2) is 0 Å². The van der Waals surface area contributed by atoms with Gasteiger partial charge in [-0.3, -0.25) is 4.79 Å². The molecule has 1 aliphatic carbocycles. The number of carbonyl (C=O) groups excluding carboxylic acids is 1. The normalized spacial score (nSPS) is 20.9. The molecule has 2 rings (SSSR count). The fourth-order valence-corrected chi connectivity index (χ4v) is 1.13. The zero-order chi connectivity index (χ0) is 7.68. The van der Waals surface area contributed by atoms with Crippen LogP contribution in [-0.4, -0.2) is 5.78 Å². The minimum Gasteiger partial charge on any atom is -0.359 e. The number of allylic oxidation sites excluding steroid dienone is 2. The first-order valence-electron chi connectivity index (χ1n) is 3.49. The molecule has 0 amide bonds. The maximum absolute atomic E-state index is 10.9. The van der Waals surface area contributed by atoms with E-state index in [4.69, 9.17) is 0 Å². The van der Waals surface area contributed by atoms with E-state index in [0.717, 1.165) is 11.4 Å². The van der Waals surface area contributed by atoms with Crippen LogP contribution in [0.5, 0.6) is 0 Å². The minimum atomic E-state index is 0.147. The first-order valence-corrected chi connectivity index (χ1v) is 3.49. The molecule has 0 fully saturated rings. The second-order valence-corrected chi connectivity index (χ2v) is 2.47. The third kappa shape index (κ3) is 1.05. The zero-order valence-corrected chi connectivity index (χ0v) is 5.92. The molecule has 2 N–H and O–H groups in total. The second kappa shape index (κ2) is 2.27. The van der Waals surface area contributed by atoms with Crippen LogP contribution in [0.15, 0.2) is 35.9 Å². The highest BCUT2D eigenvalue weighted by atomic mass is 16.1. The fraction of sp³-hybridized carbons (Fsp3) is 0.125. The van der Waals surface area contributed by atoms with Gasteiger partial charge in [0.2, 0.25) is 0 Å². The van der Waals surface area contributed by atoms with Crippen LogP contribution >= 0.6 is 0 Å². The number of ketones is 1. The number of rotatable bonds is 0. The number of carbonyl (C=O) groups is 1. The molecule has 0 aromatic rings. The molecular formula is C8H8N2O. The Morgan fingerprint density at radius 1 is 1.18 bits per heavy atom. The third-order valence-electron chi connectivity index (χ3n) is 1.66. The van der Waals surface area contributed by atoms with Gasteiger partial charge in [-0.2, -0.15) is 0 Å². The molecule has 0 aromatic carbocycles. The van der Waals surface area contributed by atoms with Crippen molar-refractivity contribution in [1.82, 2.24) is 10.6 Å². The van der Waals surface area contributed by atoms with Crippen molar-refractivity contribution in [2.75, 3.05) is 0 Å². The van der Waals surface area contributed by atoms with E-state index in [0.29, 0.717) is 6.42 Å². The summed E-state index contributed by atoms with van der Waals surface area (Å²) in [5.74, 6) is 0.147. The highest BCUT2D eigenvalue weighted by Crippen LogP contribution is 2.13. The van der Waals surface area contributed by atoms with Crippen LogP contribution < -0.4 is 10.6 Å². The summed E-state index contributed by atoms with van der Waals surface area (Å²) in [5, 5.41) is 6.02. The van der Waals surface area contributed by atoms with E-state index in [1.165, 1.54) is 0 Å². The van der Waals surface area contributed by atoms with Gasteiger partial charge >= 0.3 is 0 Å². The molecule has 0 saturated heterocycles. The van der Waals surface area contributed by atoms with Crippen molar-refractivity contribution in [2.45, 2.75) is 6.42 Å². The lowest BCUT2D eigenvalue weighted by molar-refractivity contribution is -0.114. The molecule has 11 heavy (non-hydrogen) atoms. The van der Waals surface area contributed by atoms with Crippen molar-refractivity contribution < 1.29 is 4.79 Å². The molecule has 1 aliphatic heterocycles. The maximum atomic E-state index is 10.9. The average Bonchev–Trinajstić information content (AvgIpc) is 2.04. The van der Waals surface area contributed by atoms with Gasteiger partial charge < -0.3 is 10.6 Å². The van der Waals surface area contributed by atoms with Crippen LogP contribution in [0.2, 0.25) is 0 Å². The highest BCUT2D eigenvalue weighted by molar-refractivity contribution is 5.93. The summed E-state index contributed by atoms with van der Waals surface area (Å²) in [5.41, 5.74) is 1.86. The molecule has 0 saturated carbocycles. The summed E-state index contributed by atoms with van der Waals surface area (Å²) in [4.78, 5) is 10.9. The summed E-state index contributed by atoms with van der Waals surface area (Å²) in [6.45, 7) is 0. The quantitative estimate of drug-likeness (QED) is 0.522. The number of fused-ring (bicyclic) bond motifs is 1. The van der Waals surface area contributed by atoms with E-state index in [1.807, 2.05) is 6.08 Å². The Hall–Kier alpha value is -1.51. The van der Waals surface area contributed by atoms with Crippen LogP contribution in [0.3, 0.4) is 0 Å². The van der Waals surface area contributed by atoms with Crippen molar-refractivity contribution >= 4 is 5.78 Å². The zero-order valence-electron chi connectivity index (χ0n) is 5.92. The molecule has 0 spiro atoms. The summed E-state index contributed by atoms with van der Waals surface area (Å²) < 4.78 is 0. The predicted molar refractivity (Wildman–Crippen MR) is 41.2 cm³/mol. The van der Waals surface area contributed by atoms with Crippen molar-refractivity contribution in [3.05, 3.63) is 35.9 Å². The average molecular weight is 148 g/mol. The second-order valence-electron chi connectivity index (χ2n) is 2.47. The third-order valence-corrected chi connectivity index (χ3v) is 1.66. The largest absolute Gasteiger partial charge is 0.359 e. The molecule has 56 valence electrons. The SMILES string of the molecule is O=C1C=C2NC=CNC2=CC1. The van der Waals surface area contributed by atoms with Crippen LogP contribution in [0.1, 0.15) is 6.42 Å². The lowest BCUT2D eigenvalue weighted by atomic mass is 10.1. The number of nitrogens with one attached hydrogen (secondary N) is 2. The van der Waals surface area contributed by atoms with Gasteiger partial charge in [0.1, 0.15) is 0 Å². The van der Waals surface area contributed by atoms with Crippen LogP contribution in [-0.2, 0) is 4.79 Å². The summed E-state index contributed by atoms with van der Waals surface area (Å²) in [6, 6.07) is 0. The molecule has 0 aromatic heterocycles. The first kappa shape index (κ1) is 6.22. The van der Waals surface area contributed by atoms with Gasteiger partial charge in [0, 0.05) is 24.9 Å². The molecule has 0 unspecified atom stereocenters. The Morgan fingerprint density at radius 3 is 2.73 bits per heavy atom. The highest BCUT2D eigenvalue weighted by Gasteiger charge is 2.12. The van der Waals surface area contributed by atoms with E-state index in [9.17, 15) is 4.79 Å². The molecular weight excluding hydrogens is 140 g/mol. The molecule has 0 radical (unpaired) electrons. The molecule has 1 heterocycles. The van der Waals surface area contributed by atoms with Crippen LogP contribution in [0.4, 0.5) is 0 Å². The molecule has 3 nitrogen and oxygen atoms in total. The van der Waals surface area contributed by atoms with Gasteiger partial charge in [-0.1, -0.05) is 6.08 Å². The predicted octanol–water partition coefficient (Wildman–Crippen LogP) is 0.391. The molecule has 0 bridgehead atoms. The van der Waals surface area contributed by atoms with Crippen molar-refractivity contribution in [3.8, 4) is 0 Å². The van der Waals surface area contributed by atoms with Crippen LogP contribution in [0, 0.1) is 0 Å². The van der Waals surface area contributed by atoms with E-state index < -0.39 is 0 Å². The molecule has 2 aliphatic rings. The van der Waals surface area contributed by atoms with Crippen molar-refractivity contribution in [1.29, 1.82) is 0 Å². The van der Waals surface area contributed by atoms with Gasteiger partial charge in [0.25, 0.3) is 0 Å². The lowest BCUT2D eigenvalue weighted by Crippen LogP contribution is -2.25. The monoisotopic (exact) mass is 148 g/mol. The Bertz CT molecular complexity index is 286. The van der Waals surface area contributed by atoms with Gasteiger partial charge in [0.05, 0.1) is 11.4 Å². The maximum Gasteiger partial charge on any atom is 0.161 e. The van der Waals surface area contributed by atoms with Crippen molar-refractivity contribution in [2.24, 2.45) is 0 Å². The summed E-state index contributed by atoms with van der Waals surface area (Å²) in [7, 11) is 0. The smallest absolute Gasteiger partial charge is 0.161 e. The van der Waals surface area contributed by atoms with Crippen LogP contribution in [0.25, 0.3) is 0 Å². The van der Waals surface area contributed by atoms with E-state index >= 15 is 0 Å². The number of hydrogen-bond donors (Lipinski definition) is 2. The van der Waals surface area contributed by atoms with Gasteiger partial charge in [-0.15, -0.1) is 0 Å². The molecule has 3 heteroatoms. The summed E-state index contributed by atoms with van der Waals surface area (Å²) in [6.07, 6.45) is 7.57. The number of hydrogen-bond acceptors (Lipinski definition) is 3. The Kier molecular flexibility index (Phi) is 1.28. The Morgan fingerprint density at radius 2 is 1.91 bits per heavy atom. The van der Waals surface area contributed by atoms with Gasteiger partial charge in [0.15, 0.2) is 5.78 Å². The lowest BCUT2D eigenvalue weighted by Gasteiger charge is -2.19. The fourth-order valence-electron chi connectivity index (χ4n) is 1.13. The van der Waals surface area contributed by atoms with Gasteiger partial charge in [-0.05, 0) is 0 Å². The Balaban J connectivity index is 2.35. The molecule has 0 atom stereocenters. The summed E-state index contributed by atoms with van der Waals surface area (Å²) >= 11 is 0. The topological polar surface area (TPSA) is 41.1 Å². The minimum absolute atomic E-state index is 0.147. The van der Waals surface area contributed by atoms with Crippen molar-refractivity contribution in [3.63, 3.8) is 0 Å². The van der Waals surface area contributed by atoms with E-state index in [-0.39, 0.29) is 5.78 Å². The van der Waals surface area contributed by atoms with E-state index in [1.54, 1.807) is 18.5 Å². The Labute approximate surface area is 64.5 Å². The van der Waals surface area contributed by atoms with E-state index in [2.05, 4.69) is 10.6 Å². The first-order chi connectivity index (χ1) is 5.36.